The van der Waals surface area contributed by atoms with E-state index in [-0.39, 0.29) is 37.5 Å². The van der Waals surface area contributed by atoms with Gasteiger partial charge in [-0.15, -0.1) is 30.0 Å². The zero-order valence-corrected chi connectivity index (χ0v) is 25.0. The minimum atomic E-state index is -0.270. The van der Waals surface area contributed by atoms with Crippen LogP contribution in [0.25, 0.3) is 33.4 Å². The Morgan fingerprint density at radius 1 is 0.651 bits per heavy atom. The van der Waals surface area contributed by atoms with Gasteiger partial charge in [-0.1, -0.05) is 24.3 Å². The van der Waals surface area contributed by atoms with Crippen molar-refractivity contribution in [3.8, 4) is 17.1 Å². The summed E-state index contributed by atoms with van der Waals surface area (Å²) in [7, 11) is 1.65. The Balaban J connectivity index is 0.000000151. The van der Waals surface area contributed by atoms with Gasteiger partial charge in [0.15, 0.2) is 0 Å². The van der Waals surface area contributed by atoms with Gasteiger partial charge in [0.1, 0.15) is 11.6 Å². The summed E-state index contributed by atoms with van der Waals surface area (Å²) in [5.74, 6) is -0.518. The number of nitrogens with zero attached hydrogens (tertiary/aromatic N) is 7. The van der Waals surface area contributed by atoms with Crippen LogP contribution >= 0.6 is 0 Å². The van der Waals surface area contributed by atoms with Gasteiger partial charge in [0.05, 0.1) is 11.4 Å². The van der Waals surface area contributed by atoms with Gasteiger partial charge < -0.3 is 5.11 Å². The minimum absolute atomic E-state index is 0. The summed E-state index contributed by atoms with van der Waals surface area (Å²) in [5.41, 5.74) is 5.24. The first-order valence-electron chi connectivity index (χ1n) is 12.7. The number of rotatable bonds is 3. The third-order valence-electron chi connectivity index (χ3n) is 5.75. The zero-order chi connectivity index (χ0) is 29.3. The maximum absolute atomic E-state index is 12.8. The topological polar surface area (TPSA) is 96.8 Å². The smallest absolute Gasteiger partial charge is 0.872 e. The summed E-state index contributed by atoms with van der Waals surface area (Å²) < 4.78 is 25.5. The molecule has 0 aliphatic carbocycles. The number of aromatic nitrogens is 6. The van der Waals surface area contributed by atoms with Crippen molar-refractivity contribution in [2.24, 2.45) is 4.99 Å². The molecule has 7 rings (SSSR count). The Morgan fingerprint density at radius 2 is 1.09 bits per heavy atom. The van der Waals surface area contributed by atoms with Gasteiger partial charge in [-0.3, -0.25) is 4.99 Å². The van der Waals surface area contributed by atoms with E-state index in [1.165, 1.54) is 39.9 Å². The van der Waals surface area contributed by atoms with Crippen molar-refractivity contribution in [1.29, 1.82) is 0 Å². The molecule has 0 aliphatic heterocycles. The summed E-state index contributed by atoms with van der Waals surface area (Å²) in [6, 6.07) is 35.5. The van der Waals surface area contributed by atoms with Gasteiger partial charge in [-0.2, -0.15) is 44.1 Å². The van der Waals surface area contributed by atoms with Gasteiger partial charge in [0, 0.05) is 35.3 Å². The van der Waals surface area contributed by atoms with E-state index in [9.17, 15) is 13.9 Å². The van der Waals surface area contributed by atoms with Gasteiger partial charge >= 0.3 is 20.1 Å². The van der Waals surface area contributed by atoms with E-state index in [4.69, 9.17) is 0 Å². The monoisotopic (exact) mass is 751 g/mol. The summed E-state index contributed by atoms with van der Waals surface area (Å²) in [6.45, 7) is 0. The third kappa shape index (κ3) is 8.00. The molecule has 0 fully saturated rings. The summed E-state index contributed by atoms with van der Waals surface area (Å²) in [6.07, 6.45) is 1.56. The first-order valence-corrected chi connectivity index (χ1v) is 12.7. The van der Waals surface area contributed by atoms with Gasteiger partial charge in [-0.25, -0.2) is 19.0 Å². The van der Waals surface area contributed by atoms with Gasteiger partial charge in [-0.05, 0) is 54.1 Å². The summed E-state index contributed by atoms with van der Waals surface area (Å²) in [4.78, 5) is 6.71. The molecule has 0 spiro atoms. The number of halogens is 2. The van der Waals surface area contributed by atoms with Crippen molar-refractivity contribution in [3.05, 3.63) is 139 Å². The van der Waals surface area contributed by atoms with E-state index in [1.807, 2.05) is 18.2 Å². The third-order valence-corrected chi connectivity index (χ3v) is 5.75. The van der Waals surface area contributed by atoms with E-state index in [1.54, 1.807) is 73.9 Å². The number of benzene rings is 5. The second-order valence-electron chi connectivity index (χ2n) is 8.69. The molecule has 0 N–H and O–H groups in total. The molecule has 8 nitrogen and oxygen atoms in total. The molecular formula is C32H22F2IrN7O. The van der Waals surface area contributed by atoms with Crippen LogP contribution < -0.4 is 5.11 Å². The zero-order valence-electron chi connectivity index (χ0n) is 22.6. The van der Waals surface area contributed by atoms with Crippen molar-refractivity contribution >= 4 is 28.3 Å². The van der Waals surface area contributed by atoms with Crippen molar-refractivity contribution < 1.29 is 34.0 Å². The first kappa shape index (κ1) is 30.8. The molecule has 0 aliphatic rings. The number of aliphatic imine (C=N–C) groups is 1. The Hall–Kier alpha value is -5.12. The fourth-order valence-corrected chi connectivity index (χ4v) is 3.72. The normalized spacial score (nSPS) is 10.5. The van der Waals surface area contributed by atoms with Crippen molar-refractivity contribution in [2.45, 2.75) is 0 Å². The van der Waals surface area contributed by atoms with Crippen LogP contribution in [-0.2, 0) is 20.1 Å². The van der Waals surface area contributed by atoms with Crippen LogP contribution in [0.15, 0.2) is 114 Å². The van der Waals surface area contributed by atoms with Crippen molar-refractivity contribution in [1.82, 2.24) is 30.0 Å². The predicted octanol–water partition coefficient (Wildman–Crippen LogP) is 5.53. The van der Waals surface area contributed by atoms with E-state index in [2.05, 4.69) is 37.5 Å². The molecule has 5 aromatic carbocycles. The number of hydrogen-bond acceptors (Lipinski definition) is 6. The van der Waals surface area contributed by atoms with Crippen LogP contribution in [0, 0.1) is 23.8 Å². The molecular weight excluding hydrogens is 729 g/mol. The van der Waals surface area contributed by atoms with Crippen LogP contribution in [-0.4, -0.2) is 43.3 Å². The average molecular weight is 751 g/mol. The molecule has 0 radical (unpaired) electrons. The molecule has 2 aromatic heterocycles. The van der Waals surface area contributed by atoms with Gasteiger partial charge in [0.2, 0.25) is 0 Å². The van der Waals surface area contributed by atoms with Crippen LogP contribution in [0.3, 0.4) is 0 Å². The molecule has 0 saturated carbocycles. The van der Waals surface area contributed by atoms with Crippen LogP contribution in [0.4, 0.5) is 8.78 Å². The minimum Gasteiger partial charge on any atom is -0.872 e. The maximum Gasteiger partial charge on any atom is 3.00 e. The molecule has 0 saturated heterocycles. The Kier molecular flexibility index (Phi) is 10.5. The second-order valence-corrected chi connectivity index (χ2v) is 8.69. The van der Waals surface area contributed by atoms with Crippen molar-refractivity contribution in [3.63, 3.8) is 0 Å². The van der Waals surface area contributed by atoms with Crippen LogP contribution in [0.5, 0.6) is 5.75 Å². The predicted molar refractivity (Wildman–Crippen MR) is 155 cm³/mol. The standard InChI is InChI=1S/2C12H7FN3.C8H9NO.Ir/c2*13-9-5-7-10(8-6-9)16-14-11-3-1-2-4-12(11)15-16;1-9-6-7-4-2-3-5-8(7)10;/h2*1,3-8H;2-6,10H,1H3;/q2*-1;;+3/p-1. The SMILES string of the molecule is CN=Cc1ccccc1[O-].Fc1ccc(-n2nc3c[c-]ccc3n2)cc1.Fc1ccc(-n2nc3c[c-]ccc3n2)cc1.[Ir+3]. The van der Waals surface area contributed by atoms with Crippen molar-refractivity contribution in [2.75, 3.05) is 7.05 Å². The van der Waals surface area contributed by atoms with Crippen LogP contribution in [0.1, 0.15) is 5.56 Å². The quantitative estimate of drug-likeness (QED) is 0.175. The van der Waals surface area contributed by atoms with E-state index >= 15 is 0 Å². The van der Waals surface area contributed by atoms with Crippen LogP contribution in [0.2, 0.25) is 0 Å². The second kappa shape index (κ2) is 14.7. The number of hydrogen-bond donors (Lipinski definition) is 0. The summed E-state index contributed by atoms with van der Waals surface area (Å²) in [5, 5.41) is 28.0. The molecule has 7 aromatic rings. The fourth-order valence-electron chi connectivity index (χ4n) is 3.72. The molecule has 2 heterocycles. The Labute approximate surface area is 259 Å². The van der Waals surface area contributed by atoms with E-state index in [0.29, 0.717) is 5.56 Å². The molecule has 11 heteroatoms. The Morgan fingerprint density at radius 3 is 1.51 bits per heavy atom. The van der Waals surface area contributed by atoms with E-state index in [0.717, 1.165) is 33.4 Å². The number of para-hydroxylation sites is 1. The molecule has 43 heavy (non-hydrogen) atoms. The van der Waals surface area contributed by atoms with E-state index < -0.39 is 0 Å². The van der Waals surface area contributed by atoms with Gasteiger partial charge in [0.25, 0.3) is 0 Å². The Bertz CT molecular complexity index is 1760. The summed E-state index contributed by atoms with van der Waals surface area (Å²) >= 11 is 0. The fraction of sp³-hybridized carbons (Fsp3) is 0.0312. The molecule has 0 unspecified atom stereocenters. The number of fused-ring (bicyclic) bond motifs is 2. The molecule has 0 amide bonds. The first-order chi connectivity index (χ1) is 20.5. The molecule has 0 atom stereocenters. The molecule has 0 bridgehead atoms. The molecule has 214 valence electrons. The maximum atomic E-state index is 12.8. The largest absolute Gasteiger partial charge is 3.00 e. The average Bonchev–Trinajstić information content (AvgIpc) is 3.65.